The average Bonchev–Trinajstić information content (AvgIpc) is 2.60. The van der Waals surface area contributed by atoms with E-state index in [2.05, 4.69) is 13.8 Å². The molecule has 0 saturated heterocycles. The van der Waals surface area contributed by atoms with Crippen LogP contribution < -0.4 is 9.47 Å². The van der Waals surface area contributed by atoms with E-state index in [1.165, 1.54) is 0 Å². The van der Waals surface area contributed by atoms with E-state index < -0.39 is 0 Å². The summed E-state index contributed by atoms with van der Waals surface area (Å²) in [5, 5.41) is 9.74. The number of benzene rings is 1. The van der Waals surface area contributed by atoms with Gasteiger partial charge in [-0.05, 0) is 24.3 Å². The van der Waals surface area contributed by atoms with Gasteiger partial charge in [0.25, 0.3) is 0 Å². The molecule has 3 nitrogen and oxygen atoms in total. The number of halogens is 1. The molecule has 0 bridgehead atoms. The lowest BCUT2D eigenvalue weighted by Crippen LogP contribution is -2.05. The predicted octanol–water partition coefficient (Wildman–Crippen LogP) is 3.55. The second-order valence-electron chi connectivity index (χ2n) is 5.11. The first kappa shape index (κ1) is 14.5. The smallest absolute Gasteiger partial charge is 0.164 e. The van der Waals surface area contributed by atoms with Gasteiger partial charge in [0.2, 0.25) is 0 Å². The monoisotopic (exact) mass is 284 g/mol. The summed E-state index contributed by atoms with van der Waals surface area (Å²) in [4.78, 5) is 0. The van der Waals surface area contributed by atoms with Crippen LogP contribution in [0.5, 0.6) is 11.5 Å². The zero-order valence-corrected chi connectivity index (χ0v) is 12.3. The van der Waals surface area contributed by atoms with E-state index in [0.717, 1.165) is 35.5 Å². The molecule has 1 N–H and O–H groups in total. The Hall–Kier alpha value is -0.930. The number of fused-ring (bicyclic) bond motifs is 1. The molecule has 4 heteroatoms. The van der Waals surface area contributed by atoms with Gasteiger partial charge < -0.3 is 14.6 Å². The van der Waals surface area contributed by atoms with Gasteiger partial charge in [0.15, 0.2) is 11.5 Å². The average molecular weight is 285 g/mol. The summed E-state index contributed by atoms with van der Waals surface area (Å²) in [6.07, 6.45) is 2.36. The first-order valence-electron chi connectivity index (χ1n) is 6.87. The Balaban J connectivity index is 2.50. The Kier molecular flexibility index (Phi) is 4.94. The van der Waals surface area contributed by atoms with Crippen molar-refractivity contribution in [3.8, 4) is 11.5 Å². The maximum absolute atomic E-state index is 9.03. The predicted molar refractivity (Wildman–Crippen MR) is 76.6 cm³/mol. The lowest BCUT2D eigenvalue weighted by atomic mass is 9.93. The molecule has 0 atom stereocenters. The minimum absolute atomic E-state index is 0.169. The van der Waals surface area contributed by atoms with Gasteiger partial charge >= 0.3 is 0 Å². The number of ether oxygens (including phenoxy) is 2. The molecule has 0 spiro atoms. The van der Waals surface area contributed by atoms with Crippen LogP contribution in [0.2, 0.25) is 5.02 Å². The summed E-state index contributed by atoms with van der Waals surface area (Å²) in [6, 6.07) is 1.85. The van der Waals surface area contributed by atoms with Crippen molar-refractivity contribution in [2.24, 2.45) is 0 Å². The molecule has 1 aliphatic heterocycles. The van der Waals surface area contributed by atoms with Crippen molar-refractivity contribution < 1.29 is 14.6 Å². The molecule has 1 aliphatic rings. The molecule has 0 aliphatic carbocycles. The SMILES string of the molecule is CC(C)c1c(CCCO)c(Cl)cc2c1OCCCO2. The summed E-state index contributed by atoms with van der Waals surface area (Å²) in [5.74, 6) is 1.90. The van der Waals surface area contributed by atoms with E-state index in [0.29, 0.717) is 30.6 Å². The van der Waals surface area contributed by atoms with Crippen LogP contribution in [0.25, 0.3) is 0 Å². The van der Waals surface area contributed by atoms with Crippen LogP contribution in [-0.4, -0.2) is 24.9 Å². The van der Waals surface area contributed by atoms with Crippen molar-refractivity contribution in [3.05, 3.63) is 22.2 Å². The van der Waals surface area contributed by atoms with Gasteiger partial charge in [-0.15, -0.1) is 0 Å². The lowest BCUT2D eigenvalue weighted by Gasteiger charge is -2.20. The molecule has 1 aromatic rings. The molecule has 1 heterocycles. The zero-order chi connectivity index (χ0) is 13.8. The van der Waals surface area contributed by atoms with E-state index in [1.54, 1.807) is 0 Å². The molecule has 0 amide bonds. The highest BCUT2D eigenvalue weighted by molar-refractivity contribution is 6.31. The molecule has 0 fully saturated rings. The normalized spacial score (nSPS) is 14.6. The van der Waals surface area contributed by atoms with Crippen molar-refractivity contribution in [2.75, 3.05) is 19.8 Å². The quantitative estimate of drug-likeness (QED) is 0.919. The van der Waals surface area contributed by atoms with Crippen LogP contribution in [0.1, 0.15) is 43.7 Å². The van der Waals surface area contributed by atoms with Gasteiger partial charge in [0.1, 0.15) is 0 Å². The third-order valence-corrected chi connectivity index (χ3v) is 3.63. The highest BCUT2D eigenvalue weighted by atomic mass is 35.5. The van der Waals surface area contributed by atoms with Crippen LogP contribution in [0.4, 0.5) is 0 Å². The third-order valence-electron chi connectivity index (χ3n) is 3.29. The van der Waals surface area contributed by atoms with Crippen LogP contribution in [0, 0.1) is 0 Å². The fraction of sp³-hybridized carbons (Fsp3) is 0.600. The standard InChI is InChI=1S/C15H21ClO3/c1-10(2)14-11(5-3-6-17)12(16)9-13-15(14)19-8-4-7-18-13/h9-10,17H,3-8H2,1-2H3. The summed E-state index contributed by atoms with van der Waals surface area (Å²) >= 11 is 6.38. The molecule has 0 saturated carbocycles. The van der Waals surface area contributed by atoms with Gasteiger partial charge in [0.05, 0.1) is 13.2 Å². The summed E-state index contributed by atoms with van der Waals surface area (Å²) < 4.78 is 11.6. The molecule has 2 rings (SSSR count). The van der Waals surface area contributed by atoms with E-state index in [-0.39, 0.29) is 6.61 Å². The number of aliphatic hydroxyl groups is 1. The van der Waals surface area contributed by atoms with Crippen molar-refractivity contribution in [2.45, 2.75) is 39.0 Å². The first-order chi connectivity index (χ1) is 9.15. The van der Waals surface area contributed by atoms with Gasteiger partial charge in [0, 0.05) is 29.7 Å². The largest absolute Gasteiger partial charge is 0.489 e. The molecule has 19 heavy (non-hydrogen) atoms. The Morgan fingerprint density at radius 3 is 2.74 bits per heavy atom. The first-order valence-corrected chi connectivity index (χ1v) is 7.24. The fourth-order valence-corrected chi connectivity index (χ4v) is 2.75. The van der Waals surface area contributed by atoms with Crippen LogP contribution >= 0.6 is 11.6 Å². The second kappa shape index (κ2) is 6.49. The molecule has 1 aromatic carbocycles. The second-order valence-corrected chi connectivity index (χ2v) is 5.52. The zero-order valence-electron chi connectivity index (χ0n) is 11.5. The maximum atomic E-state index is 9.03. The summed E-state index contributed by atoms with van der Waals surface area (Å²) in [7, 11) is 0. The Morgan fingerprint density at radius 1 is 1.32 bits per heavy atom. The molecular formula is C15H21ClO3. The maximum Gasteiger partial charge on any atom is 0.164 e. The minimum Gasteiger partial charge on any atom is -0.489 e. The highest BCUT2D eigenvalue weighted by Crippen LogP contribution is 2.43. The Bertz CT molecular complexity index is 444. The van der Waals surface area contributed by atoms with Crippen LogP contribution in [-0.2, 0) is 6.42 Å². The molecule has 0 aromatic heterocycles. The van der Waals surface area contributed by atoms with E-state index in [9.17, 15) is 0 Å². The van der Waals surface area contributed by atoms with Crippen molar-refractivity contribution >= 4 is 11.6 Å². The number of hydrogen-bond donors (Lipinski definition) is 1. The van der Waals surface area contributed by atoms with Gasteiger partial charge in [-0.1, -0.05) is 25.4 Å². The van der Waals surface area contributed by atoms with E-state index >= 15 is 0 Å². The van der Waals surface area contributed by atoms with Gasteiger partial charge in [-0.3, -0.25) is 0 Å². The minimum atomic E-state index is 0.169. The fourth-order valence-electron chi connectivity index (χ4n) is 2.46. The third kappa shape index (κ3) is 3.15. The molecule has 0 unspecified atom stereocenters. The van der Waals surface area contributed by atoms with Crippen molar-refractivity contribution in [3.63, 3.8) is 0 Å². The summed E-state index contributed by atoms with van der Waals surface area (Å²) in [5.41, 5.74) is 2.20. The van der Waals surface area contributed by atoms with Crippen LogP contribution in [0.3, 0.4) is 0 Å². The topological polar surface area (TPSA) is 38.7 Å². The Morgan fingerprint density at radius 2 is 2.05 bits per heavy atom. The molecule has 106 valence electrons. The Labute approximate surface area is 119 Å². The molecular weight excluding hydrogens is 264 g/mol. The van der Waals surface area contributed by atoms with Crippen molar-refractivity contribution in [1.29, 1.82) is 0 Å². The number of aliphatic hydroxyl groups excluding tert-OH is 1. The van der Waals surface area contributed by atoms with Gasteiger partial charge in [-0.2, -0.15) is 0 Å². The van der Waals surface area contributed by atoms with Gasteiger partial charge in [-0.25, -0.2) is 0 Å². The lowest BCUT2D eigenvalue weighted by molar-refractivity contribution is 0.287. The molecule has 0 radical (unpaired) electrons. The van der Waals surface area contributed by atoms with E-state index in [1.807, 2.05) is 6.07 Å². The highest BCUT2D eigenvalue weighted by Gasteiger charge is 2.23. The number of hydrogen-bond acceptors (Lipinski definition) is 3. The van der Waals surface area contributed by atoms with Crippen LogP contribution in [0.15, 0.2) is 6.07 Å². The number of rotatable bonds is 4. The summed E-state index contributed by atoms with van der Waals surface area (Å²) in [6.45, 7) is 5.76. The van der Waals surface area contributed by atoms with Crippen molar-refractivity contribution in [1.82, 2.24) is 0 Å². The van der Waals surface area contributed by atoms with E-state index in [4.69, 9.17) is 26.2 Å².